The molecule has 0 aromatic rings. The van der Waals surface area contributed by atoms with Crippen molar-refractivity contribution in [3.05, 3.63) is 134 Å². The molecule has 0 aromatic carbocycles. The summed E-state index contributed by atoms with van der Waals surface area (Å²) >= 11 is 0. The molecule has 412 valence electrons. The molecule has 0 radical (unpaired) electrons. The number of aliphatic hydroxyl groups excluding tert-OH is 5. The average molecular weight is 1020 g/mol. The van der Waals surface area contributed by atoms with Gasteiger partial charge in [0.1, 0.15) is 24.4 Å². The van der Waals surface area contributed by atoms with Crippen molar-refractivity contribution in [2.45, 2.75) is 230 Å². The Bertz CT molecular complexity index is 1690. The van der Waals surface area contributed by atoms with Crippen molar-refractivity contribution in [1.29, 1.82) is 0 Å². The molecule has 0 saturated carbocycles. The van der Waals surface area contributed by atoms with Crippen molar-refractivity contribution in [2.75, 3.05) is 13.2 Å². The Morgan fingerprint density at radius 3 is 1.63 bits per heavy atom. The van der Waals surface area contributed by atoms with E-state index < -0.39 is 67.4 Å². The van der Waals surface area contributed by atoms with E-state index in [9.17, 15) is 35.1 Å². The quantitative estimate of drug-likeness (QED) is 0.0149. The number of carbonyl (C=O) groups is 2. The highest BCUT2D eigenvalue weighted by Crippen LogP contribution is 2.26. The topological polar surface area (TPSA) is 175 Å². The number of rotatable bonds is 44. The lowest BCUT2D eigenvalue weighted by molar-refractivity contribution is -0.305. The fourth-order valence-corrected chi connectivity index (χ4v) is 7.73. The van der Waals surface area contributed by atoms with E-state index in [1.807, 2.05) is 85.1 Å². The molecule has 0 bridgehead atoms. The molecule has 8 atom stereocenters. The summed E-state index contributed by atoms with van der Waals surface area (Å²) in [5, 5.41) is 56.7. The van der Waals surface area contributed by atoms with Gasteiger partial charge >= 0.3 is 5.97 Å². The van der Waals surface area contributed by atoms with E-state index in [0.717, 1.165) is 70.6 Å². The van der Waals surface area contributed by atoms with Gasteiger partial charge in [-0.15, -0.1) is 0 Å². The lowest BCUT2D eigenvalue weighted by Crippen LogP contribution is -2.61. The van der Waals surface area contributed by atoms with Crippen molar-refractivity contribution in [2.24, 2.45) is 0 Å². The Labute approximate surface area is 442 Å². The van der Waals surface area contributed by atoms with E-state index in [1.165, 1.54) is 57.8 Å². The van der Waals surface area contributed by atoms with Gasteiger partial charge in [0.15, 0.2) is 12.4 Å². The number of amides is 1. The van der Waals surface area contributed by atoms with Crippen LogP contribution >= 0.6 is 0 Å². The highest BCUT2D eigenvalue weighted by Gasteiger charge is 2.47. The van der Waals surface area contributed by atoms with E-state index in [4.69, 9.17) is 14.2 Å². The average Bonchev–Trinajstić information content (AvgIpc) is 3.39. The third-order valence-corrected chi connectivity index (χ3v) is 12.2. The van der Waals surface area contributed by atoms with Crippen LogP contribution in [0.1, 0.15) is 181 Å². The first-order valence-electron chi connectivity index (χ1n) is 28.0. The van der Waals surface area contributed by atoms with Crippen LogP contribution in [0.4, 0.5) is 0 Å². The first-order valence-corrected chi connectivity index (χ1v) is 28.0. The van der Waals surface area contributed by atoms with Crippen molar-refractivity contribution < 1.29 is 49.3 Å². The molecule has 0 aromatic heterocycles. The lowest BCUT2D eigenvalue weighted by atomic mass is 9.99. The van der Waals surface area contributed by atoms with E-state index in [0.29, 0.717) is 19.3 Å². The largest absolute Gasteiger partial charge is 0.454 e. The maximum atomic E-state index is 13.3. The summed E-state index contributed by atoms with van der Waals surface area (Å²) in [4.78, 5) is 26.4. The highest BCUT2D eigenvalue weighted by atomic mass is 16.7. The summed E-state index contributed by atoms with van der Waals surface area (Å²) in [6, 6.07) is -1.07. The van der Waals surface area contributed by atoms with Crippen molar-refractivity contribution in [1.82, 2.24) is 5.32 Å². The number of aliphatic hydroxyl groups is 5. The number of nitrogens with one attached hydrogen (secondary N) is 1. The molecule has 1 aliphatic heterocycles. The molecule has 1 heterocycles. The second-order valence-electron chi connectivity index (χ2n) is 18.7. The van der Waals surface area contributed by atoms with Gasteiger partial charge in [-0.2, -0.15) is 0 Å². The van der Waals surface area contributed by atoms with E-state index in [-0.39, 0.29) is 19.4 Å². The van der Waals surface area contributed by atoms with Crippen LogP contribution in [0.15, 0.2) is 134 Å². The van der Waals surface area contributed by atoms with Crippen LogP contribution in [0.3, 0.4) is 0 Å². The molecule has 1 saturated heterocycles. The monoisotopic (exact) mass is 1020 g/mol. The van der Waals surface area contributed by atoms with E-state index in [1.54, 1.807) is 6.08 Å². The zero-order chi connectivity index (χ0) is 53.3. The number of unbranched alkanes of at least 4 members (excludes halogenated alkanes) is 15. The van der Waals surface area contributed by atoms with Gasteiger partial charge in [-0.3, -0.25) is 9.59 Å². The van der Waals surface area contributed by atoms with Crippen molar-refractivity contribution in [3.8, 4) is 0 Å². The maximum Gasteiger partial charge on any atom is 0.306 e. The summed E-state index contributed by atoms with van der Waals surface area (Å²) in [5.74, 6) is -1.32. The number of esters is 1. The SMILES string of the molecule is CC\C=C/C=C/C=C/C=C\C=C\C=C\CCCCC(O)C(=O)NC(COC1OC(CO)C(O)C(O)C1OC(=O)CCC/C=C\C/C=C\C/C=C\C/C=C\CCCCC)C(O)/C=C/CCCCCCCCCCC. The van der Waals surface area contributed by atoms with Gasteiger partial charge in [-0.1, -0.05) is 225 Å². The van der Waals surface area contributed by atoms with E-state index >= 15 is 0 Å². The second kappa shape index (κ2) is 48.7. The van der Waals surface area contributed by atoms with Crippen LogP contribution in [-0.4, -0.2) is 99.6 Å². The molecule has 8 unspecified atom stereocenters. The zero-order valence-corrected chi connectivity index (χ0v) is 45.2. The molecule has 1 fully saturated rings. The number of ether oxygens (including phenoxy) is 3. The summed E-state index contributed by atoms with van der Waals surface area (Å²) in [6.07, 6.45) is 57.8. The fraction of sp³-hybridized carbons (Fsp3) is 0.613. The molecule has 0 aliphatic carbocycles. The Balaban J connectivity index is 2.82. The third-order valence-electron chi connectivity index (χ3n) is 12.2. The molecular weight excluding hydrogens is 919 g/mol. The number of allylic oxidation sites excluding steroid dienone is 21. The van der Waals surface area contributed by atoms with Crippen molar-refractivity contribution in [3.63, 3.8) is 0 Å². The highest BCUT2D eigenvalue weighted by molar-refractivity contribution is 5.80. The minimum atomic E-state index is -1.65. The number of hydrogen-bond acceptors (Lipinski definition) is 10. The van der Waals surface area contributed by atoms with Gasteiger partial charge in [0.05, 0.1) is 25.4 Å². The molecule has 11 heteroatoms. The molecule has 0 spiro atoms. The minimum absolute atomic E-state index is 0.0335. The van der Waals surface area contributed by atoms with Crippen LogP contribution in [-0.2, 0) is 23.8 Å². The summed E-state index contributed by atoms with van der Waals surface area (Å²) in [5.41, 5.74) is 0. The second-order valence-corrected chi connectivity index (χ2v) is 18.7. The Morgan fingerprint density at radius 1 is 0.562 bits per heavy atom. The van der Waals surface area contributed by atoms with Gasteiger partial charge < -0.3 is 45.1 Å². The van der Waals surface area contributed by atoms with E-state index in [2.05, 4.69) is 68.6 Å². The minimum Gasteiger partial charge on any atom is -0.454 e. The summed E-state index contributed by atoms with van der Waals surface area (Å²) in [7, 11) is 0. The predicted molar refractivity (Wildman–Crippen MR) is 301 cm³/mol. The van der Waals surface area contributed by atoms with Crippen molar-refractivity contribution >= 4 is 11.9 Å². The molecular formula is C62H99NO10. The van der Waals surface area contributed by atoms with Gasteiger partial charge in [-0.05, 0) is 83.5 Å². The van der Waals surface area contributed by atoms with Gasteiger partial charge in [0.2, 0.25) is 5.91 Å². The third kappa shape index (κ3) is 37.2. The first-order chi connectivity index (χ1) is 35.7. The molecule has 1 aliphatic rings. The fourth-order valence-electron chi connectivity index (χ4n) is 7.73. The molecule has 1 rings (SSSR count). The van der Waals surface area contributed by atoms with Gasteiger partial charge in [0.25, 0.3) is 0 Å². The number of carbonyl (C=O) groups excluding carboxylic acids is 2. The molecule has 1 amide bonds. The van der Waals surface area contributed by atoms with Crippen LogP contribution in [0, 0.1) is 0 Å². The van der Waals surface area contributed by atoms with Gasteiger partial charge in [0, 0.05) is 6.42 Å². The van der Waals surface area contributed by atoms with Crippen LogP contribution in [0.2, 0.25) is 0 Å². The predicted octanol–water partition coefficient (Wildman–Crippen LogP) is 12.5. The van der Waals surface area contributed by atoms with Crippen LogP contribution < -0.4 is 5.32 Å². The standard InChI is InChI=1S/C62H99NO10/c1-4-7-10-13-16-19-22-24-26-28-30-32-35-38-41-44-47-50-57(67)73-60-59(69)58(68)56(51-64)72-62(60)71-52-53(54(65)48-45-42-39-36-33-21-18-15-12-9-6-3)63-61(70)55(66)49-46-43-40-37-34-31-29-27-25-23-20-17-14-11-8-5-2/h8,11,14,16-17,19-20,23-27,29-32,34,37-38,41,45,48,53-56,58-60,62,64-66,68-69H,4-7,9-10,12-13,15,18,21-22,28,33,35-36,39-40,42-44,46-47,49-52H2,1-3H3,(H,63,70)/b11-8-,17-14+,19-16-,23-20+,26-24-,27-25-,31-29+,32-30-,37-34+,41-38-,48-45+. The zero-order valence-electron chi connectivity index (χ0n) is 45.2. The normalized spacial score (nSPS) is 20.5. The van der Waals surface area contributed by atoms with Gasteiger partial charge in [-0.25, -0.2) is 0 Å². The number of hydrogen-bond donors (Lipinski definition) is 6. The summed E-state index contributed by atoms with van der Waals surface area (Å²) in [6.45, 7) is 5.51. The van der Waals surface area contributed by atoms with Crippen LogP contribution in [0.5, 0.6) is 0 Å². The Hall–Kier alpha value is -4.20. The smallest absolute Gasteiger partial charge is 0.306 e. The Kier molecular flexibility index (Phi) is 44.6. The summed E-state index contributed by atoms with van der Waals surface area (Å²) < 4.78 is 17.5. The molecule has 11 nitrogen and oxygen atoms in total. The molecule has 73 heavy (non-hydrogen) atoms. The lowest BCUT2D eigenvalue weighted by Gasteiger charge is -2.41. The van der Waals surface area contributed by atoms with Crippen LogP contribution in [0.25, 0.3) is 0 Å². The first kappa shape index (κ1) is 66.8. The molecule has 6 N–H and O–H groups in total. The maximum absolute atomic E-state index is 13.3. The Morgan fingerprint density at radius 2 is 1.04 bits per heavy atom.